The Hall–Kier alpha value is -1.04. The van der Waals surface area contributed by atoms with Gasteiger partial charge >= 0.3 is 0 Å². The zero-order chi connectivity index (χ0) is 12.7. The first kappa shape index (κ1) is 15.0. The van der Waals surface area contributed by atoms with Crippen LogP contribution in [0.25, 0.3) is 0 Å². The molecule has 0 aliphatic carbocycles. The quantitative estimate of drug-likeness (QED) is 0.508. The lowest BCUT2D eigenvalue weighted by atomic mass is 10.1. The molecule has 0 rings (SSSR count). The molecule has 0 aromatic rings. The van der Waals surface area contributed by atoms with Gasteiger partial charge in [-0.05, 0) is 27.7 Å². The van der Waals surface area contributed by atoms with Crippen molar-refractivity contribution in [1.82, 2.24) is 0 Å². The normalized spacial score (nSPS) is 11.5. The second-order valence-corrected chi connectivity index (χ2v) is 4.47. The molecule has 16 heavy (non-hydrogen) atoms. The molecular weight excluding hydrogens is 200 g/mol. The third kappa shape index (κ3) is 7.28. The zero-order valence-corrected chi connectivity index (χ0v) is 10.8. The van der Waals surface area contributed by atoms with Crippen LogP contribution in [0.1, 0.15) is 27.7 Å². The SMILES string of the molecule is C=CCOC(C)(C)C#CC(C)(C)OCC=C. The van der Waals surface area contributed by atoms with Crippen LogP contribution in [0.5, 0.6) is 0 Å². The van der Waals surface area contributed by atoms with Crippen LogP contribution in [0, 0.1) is 11.8 Å². The Morgan fingerprint density at radius 1 is 0.875 bits per heavy atom. The van der Waals surface area contributed by atoms with Gasteiger partial charge in [0.05, 0.1) is 13.2 Å². The zero-order valence-electron chi connectivity index (χ0n) is 10.8. The largest absolute Gasteiger partial charge is 0.359 e. The number of hydrogen-bond donors (Lipinski definition) is 0. The first-order chi connectivity index (χ1) is 7.33. The van der Waals surface area contributed by atoms with Crippen molar-refractivity contribution in [3.8, 4) is 11.8 Å². The summed E-state index contributed by atoms with van der Waals surface area (Å²) in [6, 6.07) is 0. The third-order valence-corrected chi connectivity index (χ3v) is 1.79. The molecule has 0 amide bonds. The van der Waals surface area contributed by atoms with Crippen LogP contribution in [0.4, 0.5) is 0 Å². The average Bonchev–Trinajstić information content (AvgIpc) is 2.22. The Kier molecular flexibility index (Phi) is 6.10. The number of rotatable bonds is 6. The lowest BCUT2D eigenvalue weighted by Gasteiger charge is -2.21. The fourth-order valence-electron chi connectivity index (χ4n) is 0.908. The van der Waals surface area contributed by atoms with E-state index in [-0.39, 0.29) is 0 Å². The van der Waals surface area contributed by atoms with Gasteiger partial charge in [-0.15, -0.1) is 13.2 Å². The van der Waals surface area contributed by atoms with Crippen molar-refractivity contribution in [2.45, 2.75) is 38.9 Å². The van der Waals surface area contributed by atoms with Gasteiger partial charge in [-0.1, -0.05) is 24.0 Å². The summed E-state index contributed by atoms with van der Waals surface area (Å²) in [5.74, 6) is 6.13. The summed E-state index contributed by atoms with van der Waals surface area (Å²) in [6.07, 6.45) is 3.42. The van der Waals surface area contributed by atoms with Gasteiger partial charge in [0.2, 0.25) is 0 Å². The molecule has 90 valence electrons. The molecule has 0 unspecified atom stereocenters. The van der Waals surface area contributed by atoms with Gasteiger partial charge in [0.1, 0.15) is 11.2 Å². The molecule has 2 nitrogen and oxygen atoms in total. The summed E-state index contributed by atoms with van der Waals surface area (Å²) in [5, 5.41) is 0. The standard InChI is InChI=1S/C14H22O2/c1-7-11-15-13(3,4)9-10-14(5,6)16-12-8-2/h7-8H,1-2,11-12H2,3-6H3. The predicted octanol–water partition coefficient (Wildman–Crippen LogP) is 2.95. The van der Waals surface area contributed by atoms with Crippen LogP contribution in [0.2, 0.25) is 0 Å². The van der Waals surface area contributed by atoms with Gasteiger partial charge in [-0.2, -0.15) is 0 Å². The minimum Gasteiger partial charge on any atom is -0.359 e. The van der Waals surface area contributed by atoms with Gasteiger partial charge < -0.3 is 9.47 Å². The first-order valence-electron chi connectivity index (χ1n) is 5.37. The highest BCUT2D eigenvalue weighted by atomic mass is 16.5. The first-order valence-corrected chi connectivity index (χ1v) is 5.37. The van der Waals surface area contributed by atoms with Gasteiger partial charge in [0.25, 0.3) is 0 Å². The van der Waals surface area contributed by atoms with E-state index >= 15 is 0 Å². The predicted molar refractivity (Wildman–Crippen MR) is 68.2 cm³/mol. The molecule has 0 fully saturated rings. The van der Waals surface area contributed by atoms with E-state index in [1.54, 1.807) is 12.2 Å². The van der Waals surface area contributed by atoms with Crippen molar-refractivity contribution >= 4 is 0 Å². The topological polar surface area (TPSA) is 18.5 Å². The maximum absolute atomic E-state index is 5.51. The van der Waals surface area contributed by atoms with Gasteiger partial charge in [0, 0.05) is 0 Å². The smallest absolute Gasteiger partial charge is 0.123 e. The van der Waals surface area contributed by atoms with Gasteiger partial charge in [-0.25, -0.2) is 0 Å². The van der Waals surface area contributed by atoms with E-state index < -0.39 is 11.2 Å². The molecule has 0 aliphatic heterocycles. The Morgan fingerprint density at radius 2 is 1.19 bits per heavy atom. The van der Waals surface area contributed by atoms with E-state index in [4.69, 9.17) is 9.47 Å². The maximum atomic E-state index is 5.51. The van der Waals surface area contributed by atoms with E-state index in [9.17, 15) is 0 Å². The minimum atomic E-state index is -0.483. The lowest BCUT2D eigenvalue weighted by Crippen LogP contribution is -2.26. The van der Waals surface area contributed by atoms with Crippen molar-refractivity contribution in [3.63, 3.8) is 0 Å². The van der Waals surface area contributed by atoms with Crippen molar-refractivity contribution in [3.05, 3.63) is 25.3 Å². The lowest BCUT2D eigenvalue weighted by molar-refractivity contribution is 0.0379. The fourth-order valence-corrected chi connectivity index (χ4v) is 0.908. The summed E-state index contributed by atoms with van der Waals surface area (Å²) in [4.78, 5) is 0. The highest BCUT2D eigenvalue weighted by Crippen LogP contribution is 2.11. The van der Waals surface area contributed by atoms with Crippen LogP contribution >= 0.6 is 0 Å². The molecule has 0 spiro atoms. The van der Waals surface area contributed by atoms with Gasteiger partial charge in [-0.3, -0.25) is 0 Å². The third-order valence-electron chi connectivity index (χ3n) is 1.79. The Labute approximate surface area is 99.3 Å². The molecule has 0 aliphatic rings. The Bertz CT molecular complexity index is 262. The molecule has 0 saturated carbocycles. The van der Waals surface area contributed by atoms with Gasteiger partial charge in [0.15, 0.2) is 0 Å². The minimum absolute atomic E-state index is 0.483. The molecule has 0 N–H and O–H groups in total. The highest BCUT2D eigenvalue weighted by molar-refractivity contribution is 5.18. The maximum Gasteiger partial charge on any atom is 0.123 e. The van der Waals surface area contributed by atoms with Crippen molar-refractivity contribution in [2.24, 2.45) is 0 Å². The highest BCUT2D eigenvalue weighted by Gasteiger charge is 2.17. The summed E-state index contributed by atoms with van der Waals surface area (Å²) >= 11 is 0. The van der Waals surface area contributed by atoms with Crippen molar-refractivity contribution in [2.75, 3.05) is 13.2 Å². The second-order valence-electron chi connectivity index (χ2n) is 4.47. The molecule has 0 bridgehead atoms. The Morgan fingerprint density at radius 3 is 1.44 bits per heavy atom. The molecule has 0 heterocycles. The second kappa shape index (κ2) is 6.52. The summed E-state index contributed by atoms with van der Waals surface area (Å²) in [7, 11) is 0. The molecular formula is C14H22O2. The van der Waals surface area contributed by atoms with Crippen LogP contribution in [-0.2, 0) is 9.47 Å². The summed E-state index contributed by atoms with van der Waals surface area (Å²) in [6.45, 7) is 15.9. The molecule has 0 radical (unpaired) electrons. The van der Waals surface area contributed by atoms with Crippen LogP contribution in [0.3, 0.4) is 0 Å². The van der Waals surface area contributed by atoms with E-state index in [2.05, 4.69) is 25.0 Å². The van der Waals surface area contributed by atoms with Crippen LogP contribution in [-0.4, -0.2) is 24.4 Å². The Balaban J connectivity index is 4.43. The van der Waals surface area contributed by atoms with Crippen LogP contribution in [0.15, 0.2) is 25.3 Å². The van der Waals surface area contributed by atoms with E-state index in [1.165, 1.54) is 0 Å². The number of hydrogen-bond acceptors (Lipinski definition) is 2. The molecule has 0 atom stereocenters. The summed E-state index contributed by atoms with van der Waals surface area (Å²) in [5.41, 5.74) is -0.966. The summed E-state index contributed by atoms with van der Waals surface area (Å²) < 4.78 is 11.0. The monoisotopic (exact) mass is 222 g/mol. The van der Waals surface area contributed by atoms with E-state index in [1.807, 2.05) is 27.7 Å². The fraction of sp³-hybridized carbons (Fsp3) is 0.571. The average molecular weight is 222 g/mol. The van der Waals surface area contributed by atoms with Crippen molar-refractivity contribution in [1.29, 1.82) is 0 Å². The molecule has 2 heteroatoms. The molecule has 0 saturated heterocycles. The van der Waals surface area contributed by atoms with E-state index in [0.29, 0.717) is 13.2 Å². The van der Waals surface area contributed by atoms with Crippen LogP contribution < -0.4 is 0 Å². The molecule has 0 aromatic heterocycles. The molecule has 0 aromatic carbocycles. The van der Waals surface area contributed by atoms with E-state index in [0.717, 1.165) is 0 Å². The number of ether oxygens (including phenoxy) is 2. The van der Waals surface area contributed by atoms with Crippen molar-refractivity contribution < 1.29 is 9.47 Å².